The summed E-state index contributed by atoms with van der Waals surface area (Å²) in [6, 6.07) is 32.6. The molecule has 2 fully saturated rings. The Balaban J connectivity index is 0.000000111. The molecule has 2 spiro atoms. The predicted octanol–water partition coefficient (Wildman–Crippen LogP) is 10.1. The molecule has 31 heteroatoms. The molecule has 0 atom stereocenters. The summed E-state index contributed by atoms with van der Waals surface area (Å²) < 4.78 is 21.4. The van der Waals surface area contributed by atoms with Crippen LogP contribution in [0.5, 0.6) is 11.5 Å². The van der Waals surface area contributed by atoms with E-state index in [1.165, 1.54) is 59.1 Å². The van der Waals surface area contributed by atoms with Crippen molar-refractivity contribution in [2.75, 3.05) is 104 Å². The van der Waals surface area contributed by atoms with Gasteiger partial charge in [-0.15, -0.1) is 0 Å². The van der Waals surface area contributed by atoms with Gasteiger partial charge in [0.1, 0.15) is 16.2 Å². The molecule has 2 aliphatic carbocycles. The molecule has 120 heavy (non-hydrogen) atoms. The molecule has 3 N–H and O–H groups in total. The van der Waals surface area contributed by atoms with Crippen molar-refractivity contribution in [3.63, 3.8) is 0 Å². The topological polar surface area (TPSA) is 309 Å². The summed E-state index contributed by atoms with van der Waals surface area (Å²) >= 11 is 0. The second-order valence-corrected chi connectivity index (χ2v) is 34.2. The monoisotopic (exact) mass is 1610 g/mol. The van der Waals surface area contributed by atoms with Gasteiger partial charge in [-0.2, -0.15) is 15.0 Å². The zero-order valence-electron chi connectivity index (χ0n) is 67.4. The van der Waals surface area contributed by atoms with Gasteiger partial charge < -0.3 is 45.0 Å². The highest BCUT2D eigenvalue weighted by atomic mass is 16.5. The Morgan fingerprint density at radius 1 is 0.408 bits per heavy atom. The van der Waals surface area contributed by atoms with Crippen molar-refractivity contribution in [1.29, 1.82) is 0 Å². The number of aromatic nitrogens is 14. The van der Waals surface area contributed by atoms with Crippen molar-refractivity contribution in [2.24, 2.45) is 0 Å². The first-order chi connectivity index (χ1) is 58.3. The number of ether oxygens (including phenoxy) is 2. The molecular formula is C89H89N23O8. The van der Waals surface area contributed by atoms with Gasteiger partial charge in [0, 0.05) is 116 Å². The fourth-order valence-electron chi connectivity index (χ4n) is 19.3. The Morgan fingerprint density at radius 2 is 0.867 bits per heavy atom. The lowest BCUT2D eigenvalue weighted by Crippen LogP contribution is -2.40. The summed E-state index contributed by atoms with van der Waals surface area (Å²) in [6.07, 6.45) is 25.0. The lowest BCUT2D eigenvalue weighted by Gasteiger charge is -2.38. The van der Waals surface area contributed by atoms with Crippen molar-refractivity contribution in [3.05, 3.63) is 222 Å². The molecule has 608 valence electrons. The third-order valence-electron chi connectivity index (χ3n) is 25.1. The maximum Gasteiger partial charge on any atom is 0.278 e. The van der Waals surface area contributed by atoms with Crippen molar-refractivity contribution in [3.8, 4) is 28.8 Å². The summed E-state index contributed by atoms with van der Waals surface area (Å²) in [4.78, 5) is 128. The van der Waals surface area contributed by atoms with Gasteiger partial charge in [-0.05, 0) is 184 Å². The minimum atomic E-state index is -0.208. The zero-order chi connectivity index (χ0) is 81.6. The average Bonchev–Trinajstić information content (AvgIpc) is 1.62. The number of amides is 3. The predicted molar refractivity (Wildman–Crippen MR) is 456 cm³/mol. The first-order valence-corrected chi connectivity index (χ1v) is 41.3. The number of nitrogens with zero attached hydrogens (tertiary/aromatic N) is 20. The summed E-state index contributed by atoms with van der Waals surface area (Å²) in [5.74, 6) is 3.98. The minimum Gasteiger partial charge on any atom is -0.480 e. The zero-order valence-corrected chi connectivity index (χ0v) is 67.4. The number of anilines is 9. The fourth-order valence-corrected chi connectivity index (χ4v) is 19.3. The summed E-state index contributed by atoms with van der Waals surface area (Å²) in [5, 5.41) is 11.4. The second kappa shape index (κ2) is 28.8. The van der Waals surface area contributed by atoms with Crippen LogP contribution < -0.4 is 56.8 Å². The number of pyridine rings is 2. The van der Waals surface area contributed by atoms with E-state index >= 15 is 0 Å². The van der Waals surface area contributed by atoms with Crippen LogP contribution in [-0.2, 0) is 76.3 Å². The quantitative estimate of drug-likeness (QED) is 0.130. The van der Waals surface area contributed by atoms with Crippen LogP contribution in [0.15, 0.2) is 166 Å². The molecule has 9 aliphatic heterocycles. The Labute approximate surface area is 688 Å². The largest absolute Gasteiger partial charge is 0.480 e. The third-order valence-corrected chi connectivity index (χ3v) is 25.1. The molecule has 12 aromatic rings. The molecule has 0 saturated heterocycles. The number of carbonyl (C=O) groups is 3. The van der Waals surface area contributed by atoms with E-state index in [-0.39, 0.29) is 58.4 Å². The van der Waals surface area contributed by atoms with Crippen LogP contribution in [0.4, 0.5) is 52.2 Å². The molecule has 23 rings (SSSR count). The van der Waals surface area contributed by atoms with Gasteiger partial charge >= 0.3 is 0 Å². The van der Waals surface area contributed by atoms with Crippen LogP contribution in [0.3, 0.4) is 0 Å². The highest BCUT2D eigenvalue weighted by molar-refractivity contribution is 6.02. The van der Waals surface area contributed by atoms with E-state index < -0.39 is 0 Å². The van der Waals surface area contributed by atoms with E-state index in [4.69, 9.17) is 34.4 Å². The lowest BCUT2D eigenvalue weighted by atomic mass is 9.78. The maximum atomic E-state index is 13.5. The van der Waals surface area contributed by atoms with E-state index in [1.807, 2.05) is 58.2 Å². The van der Waals surface area contributed by atoms with Crippen molar-refractivity contribution in [2.45, 2.75) is 127 Å². The van der Waals surface area contributed by atoms with Gasteiger partial charge in [0.25, 0.3) is 28.5 Å². The highest BCUT2D eigenvalue weighted by Crippen LogP contribution is 2.54. The van der Waals surface area contributed by atoms with E-state index in [0.717, 1.165) is 86.1 Å². The molecule has 11 aliphatic rings. The number of carbonyl (C=O) groups excluding carboxylic acids is 3. The van der Waals surface area contributed by atoms with Crippen molar-refractivity contribution < 1.29 is 23.9 Å². The molecule has 17 heterocycles. The number of hydrogen-bond acceptors (Lipinski definition) is 22. The number of likely N-dealkylation sites (N-methyl/N-ethyl adjacent to an activating group) is 3. The molecule has 4 aromatic carbocycles. The van der Waals surface area contributed by atoms with Gasteiger partial charge in [-0.25, -0.2) is 53.0 Å². The smallest absolute Gasteiger partial charge is 0.278 e. The van der Waals surface area contributed by atoms with Crippen LogP contribution in [0.1, 0.15) is 104 Å². The van der Waals surface area contributed by atoms with Gasteiger partial charge in [-0.3, -0.25) is 38.6 Å². The van der Waals surface area contributed by atoms with Gasteiger partial charge in [0.15, 0.2) is 64.9 Å². The van der Waals surface area contributed by atoms with E-state index in [9.17, 15) is 28.8 Å². The number of benzene rings is 4. The Morgan fingerprint density at radius 3 is 1.41 bits per heavy atom. The number of hydrogen-bond donors (Lipinski definition) is 3. The average molecular weight is 1610 g/mol. The third kappa shape index (κ3) is 13.1. The van der Waals surface area contributed by atoms with E-state index in [2.05, 4.69) is 141 Å². The van der Waals surface area contributed by atoms with Crippen molar-refractivity contribution >= 4 is 103 Å². The molecule has 0 unspecified atom stereocenters. The van der Waals surface area contributed by atoms with Crippen molar-refractivity contribution in [1.82, 2.24) is 82.7 Å². The van der Waals surface area contributed by atoms with Crippen LogP contribution in [0.2, 0.25) is 0 Å². The lowest BCUT2D eigenvalue weighted by molar-refractivity contribution is -0.122. The minimum absolute atomic E-state index is 0.0162. The standard InChI is InChI=1S/C31H33N7O2.2C29H28N8O3/c1-31(2)19-35(3)18-21-14-22(9-11-25(21)31)33-30-32-17-24-28(34-30)38-23-10-8-20-15-27(39)36(26(20)16-23)12-6-4-5-7-13-37(38)29(24)40;1-34-15-18-13-19(5-6-21(18)29(17-34)9-10-29)31-28-30-14-20-25(33-28)37-23-8-7-22-26(32-23)35(24(38)16-40-22)11-3-2-4-12-36(37)27(20)39;1-34-15-18-5-6-19(13-21(18)29(17-34)9-10-29)31-28-30-14-20-25(33-28)37-23-8-7-22-26(32-23)35(24(38)16-40-22)11-3-2-4-12-36(37)27(20)39/h5,7-11,14,16-17H,4,6,12-13,15,18-19H2,1-3H3,(H,32,33,34);2*2,4-8,13-14H,3,9-12,15-17H2,1H3,(H,30,31,33). The number of nitrogens with one attached hydrogen (secondary N) is 3. The molecule has 8 aromatic heterocycles. The second-order valence-electron chi connectivity index (χ2n) is 34.2. The molecule has 6 bridgehead atoms. The SMILES string of the molecule is CN1Cc2cc(Nc3ncc4c(=O)n5n(c4n3)-c3ccc4c(c3)N(CCCC=CC5)C(=O)C4)ccc2C(C)(C)C1.CN1Cc2cc(Nc3ncc4c(=O)n5n(c4n3)-c3ccc4c(n3)N(CCC=CC5)C(=O)CO4)ccc2C2(CC2)C1.CN1Cc2ccc(Nc3ncc4c(=O)n5n(c4n3)-c3ccc4c(n3)N(CCC=CC5)C(=O)CO4)cc2C2(CC2)C1. The number of fused-ring (bicyclic) bond motifs is 20. The molecule has 31 nitrogen and oxygen atoms in total. The van der Waals surface area contributed by atoms with E-state index in [0.29, 0.717) is 150 Å². The van der Waals surface area contributed by atoms with Crippen LogP contribution >= 0.6 is 0 Å². The molecule has 2 saturated carbocycles. The van der Waals surface area contributed by atoms with Gasteiger partial charge in [0.05, 0.1) is 31.7 Å². The Kier molecular flexibility index (Phi) is 17.8. The summed E-state index contributed by atoms with van der Waals surface area (Å²) in [7, 11) is 6.51. The number of allylic oxidation sites excluding steroid dienone is 4. The molecule has 3 amide bonds. The first-order valence-electron chi connectivity index (χ1n) is 41.3. The highest BCUT2D eigenvalue weighted by Gasteiger charge is 2.50. The first kappa shape index (κ1) is 74.3. The Hall–Kier alpha value is -13.3. The maximum absolute atomic E-state index is 13.5. The van der Waals surface area contributed by atoms with Crippen LogP contribution in [-0.4, -0.2) is 174 Å². The normalized spacial score (nSPS) is 18.8. The van der Waals surface area contributed by atoms with Gasteiger partial charge in [-0.1, -0.05) is 74.6 Å². The Bertz CT molecular complexity index is 6610. The number of rotatable bonds is 6. The molecular weight excluding hydrogens is 1520 g/mol. The summed E-state index contributed by atoms with van der Waals surface area (Å²) in [5.41, 5.74) is 15.2. The molecule has 0 radical (unpaired) electrons. The summed E-state index contributed by atoms with van der Waals surface area (Å²) in [6.45, 7) is 13.3. The van der Waals surface area contributed by atoms with Gasteiger partial charge in [0.2, 0.25) is 23.8 Å². The fraction of sp³-hybridized carbons (Fsp3) is 0.348. The van der Waals surface area contributed by atoms with Crippen LogP contribution in [0, 0.1) is 0 Å². The van der Waals surface area contributed by atoms with E-state index in [1.54, 1.807) is 76.1 Å². The van der Waals surface area contributed by atoms with Crippen LogP contribution in [0.25, 0.3) is 50.4 Å².